The first-order valence-electron chi connectivity index (χ1n) is 9.85. The molecule has 2 aromatic rings. The second kappa shape index (κ2) is 9.95. The average Bonchev–Trinajstić information content (AvgIpc) is 2.73. The third kappa shape index (κ3) is 5.86. The maximum atomic E-state index is 12.5. The van der Waals surface area contributed by atoms with Crippen LogP contribution in [0.1, 0.15) is 5.56 Å². The summed E-state index contributed by atoms with van der Waals surface area (Å²) < 4.78 is 0. The Bertz CT molecular complexity index is 763. The van der Waals surface area contributed by atoms with E-state index in [1.54, 1.807) is 0 Å². The fraction of sp³-hybridized carbons (Fsp3) is 0.348. The normalized spacial score (nSPS) is 15.0. The van der Waals surface area contributed by atoms with E-state index in [1.165, 1.54) is 5.56 Å². The van der Waals surface area contributed by atoms with E-state index in [2.05, 4.69) is 63.7 Å². The Labute approximate surface area is 168 Å². The summed E-state index contributed by atoms with van der Waals surface area (Å²) in [6, 6.07) is 18.5. The van der Waals surface area contributed by atoms with E-state index < -0.39 is 0 Å². The molecule has 5 nitrogen and oxygen atoms in total. The highest BCUT2D eigenvalue weighted by molar-refractivity contribution is 5.81. The summed E-state index contributed by atoms with van der Waals surface area (Å²) in [5.41, 5.74) is 3.35. The van der Waals surface area contributed by atoms with Gasteiger partial charge in [0, 0.05) is 58.2 Å². The van der Waals surface area contributed by atoms with Gasteiger partial charge in [-0.05, 0) is 29.8 Å². The van der Waals surface area contributed by atoms with Crippen molar-refractivity contribution in [3.05, 3.63) is 66.2 Å². The van der Waals surface area contributed by atoms with E-state index in [9.17, 15) is 4.79 Å². The van der Waals surface area contributed by atoms with E-state index in [0.29, 0.717) is 6.54 Å². The number of hydrogen-bond acceptors (Lipinski definition) is 4. The van der Waals surface area contributed by atoms with E-state index in [4.69, 9.17) is 0 Å². The van der Waals surface area contributed by atoms with Crippen molar-refractivity contribution in [3.8, 4) is 0 Å². The molecule has 148 valence electrons. The minimum Gasteiger partial charge on any atom is -0.378 e. The van der Waals surface area contributed by atoms with Crippen molar-refractivity contribution in [2.24, 2.45) is 0 Å². The number of benzene rings is 2. The number of hydrogen-bond donors (Lipinski definition) is 1. The Morgan fingerprint density at radius 1 is 1.00 bits per heavy atom. The van der Waals surface area contributed by atoms with E-state index >= 15 is 0 Å². The number of carbonyl (C=O) groups is 1. The maximum Gasteiger partial charge on any atom is 0.241 e. The van der Waals surface area contributed by atoms with Crippen molar-refractivity contribution in [1.82, 2.24) is 9.80 Å². The summed E-state index contributed by atoms with van der Waals surface area (Å²) in [4.78, 5) is 18.9. The predicted octanol–water partition coefficient (Wildman–Crippen LogP) is 3.02. The lowest BCUT2D eigenvalue weighted by molar-refractivity contribution is -0.130. The van der Waals surface area contributed by atoms with Gasteiger partial charge in [0.25, 0.3) is 0 Å². The second-order valence-corrected chi connectivity index (χ2v) is 7.29. The molecule has 5 heteroatoms. The first kappa shape index (κ1) is 20.0. The zero-order valence-electron chi connectivity index (χ0n) is 16.8. The summed E-state index contributed by atoms with van der Waals surface area (Å²) in [6.45, 7) is 4.69. The molecule has 1 amide bonds. The van der Waals surface area contributed by atoms with Gasteiger partial charge in [-0.2, -0.15) is 0 Å². The number of nitrogens with zero attached hydrogens (tertiary/aromatic N) is 3. The van der Waals surface area contributed by atoms with Crippen molar-refractivity contribution < 1.29 is 4.79 Å². The molecule has 28 heavy (non-hydrogen) atoms. The molecule has 0 unspecified atom stereocenters. The Hall–Kier alpha value is -2.79. The molecule has 3 rings (SSSR count). The third-order valence-corrected chi connectivity index (χ3v) is 5.03. The topological polar surface area (TPSA) is 38.8 Å². The molecule has 0 aromatic heterocycles. The van der Waals surface area contributed by atoms with Gasteiger partial charge in [-0.15, -0.1) is 0 Å². The quantitative estimate of drug-likeness (QED) is 0.804. The van der Waals surface area contributed by atoms with Crippen LogP contribution < -0.4 is 10.2 Å². The van der Waals surface area contributed by atoms with Crippen LogP contribution >= 0.6 is 0 Å². The lowest BCUT2D eigenvalue weighted by Crippen LogP contribution is -2.50. The first-order chi connectivity index (χ1) is 13.6. The zero-order valence-corrected chi connectivity index (χ0v) is 16.8. The molecular formula is C23H30N4O. The average molecular weight is 379 g/mol. The largest absolute Gasteiger partial charge is 0.378 e. The van der Waals surface area contributed by atoms with Gasteiger partial charge in [0.15, 0.2) is 0 Å². The summed E-state index contributed by atoms with van der Waals surface area (Å²) in [5.74, 6) is 0.163. The Morgan fingerprint density at radius 2 is 1.68 bits per heavy atom. The molecular weight excluding hydrogens is 348 g/mol. The molecule has 1 saturated heterocycles. The standard InChI is InChI=1S/C23H30N4O/c1-25(2)22-12-10-21(11-13-22)24-19-23(28)27-17-15-26(16-18-27)14-6-9-20-7-4-3-5-8-20/h3-13,24H,14-19H2,1-2H3/b9-6+. The molecule has 0 spiro atoms. The number of amides is 1. The van der Waals surface area contributed by atoms with Crippen LogP contribution in [0.4, 0.5) is 11.4 Å². The molecule has 0 atom stereocenters. The van der Waals surface area contributed by atoms with Gasteiger partial charge in [0.1, 0.15) is 0 Å². The van der Waals surface area contributed by atoms with Crippen molar-refractivity contribution in [1.29, 1.82) is 0 Å². The van der Waals surface area contributed by atoms with Crippen LogP contribution in [0.3, 0.4) is 0 Å². The van der Waals surface area contributed by atoms with E-state index in [1.807, 2.05) is 37.2 Å². The zero-order chi connectivity index (χ0) is 19.8. The summed E-state index contributed by atoms with van der Waals surface area (Å²) >= 11 is 0. The van der Waals surface area contributed by atoms with Crippen molar-refractivity contribution in [2.75, 3.05) is 63.6 Å². The fourth-order valence-corrected chi connectivity index (χ4v) is 3.25. The van der Waals surface area contributed by atoms with Gasteiger partial charge < -0.3 is 15.1 Å². The number of rotatable bonds is 7. The lowest BCUT2D eigenvalue weighted by Gasteiger charge is -2.34. The Balaban J connectivity index is 1.38. The van der Waals surface area contributed by atoms with Crippen LogP contribution in [0.25, 0.3) is 6.08 Å². The highest BCUT2D eigenvalue weighted by Crippen LogP contribution is 2.15. The molecule has 0 radical (unpaired) electrons. The van der Waals surface area contributed by atoms with Crippen molar-refractivity contribution in [2.45, 2.75) is 0 Å². The van der Waals surface area contributed by atoms with Crippen LogP contribution in [-0.2, 0) is 4.79 Å². The van der Waals surface area contributed by atoms with Crippen LogP contribution in [0, 0.1) is 0 Å². The van der Waals surface area contributed by atoms with E-state index in [-0.39, 0.29) is 5.91 Å². The molecule has 0 bridgehead atoms. The SMILES string of the molecule is CN(C)c1ccc(NCC(=O)N2CCN(C/C=C/c3ccccc3)CC2)cc1. The van der Waals surface area contributed by atoms with E-state index in [0.717, 1.165) is 44.1 Å². The molecule has 1 N–H and O–H groups in total. The number of carbonyl (C=O) groups excluding carboxylic acids is 1. The van der Waals surface area contributed by atoms with Gasteiger partial charge in [-0.1, -0.05) is 42.5 Å². The summed E-state index contributed by atoms with van der Waals surface area (Å²) in [5, 5.41) is 3.24. The minimum absolute atomic E-state index is 0.163. The van der Waals surface area contributed by atoms with Crippen LogP contribution in [0.15, 0.2) is 60.7 Å². The minimum atomic E-state index is 0.163. The third-order valence-electron chi connectivity index (χ3n) is 5.03. The van der Waals surface area contributed by atoms with Gasteiger partial charge in [0.05, 0.1) is 6.54 Å². The highest BCUT2D eigenvalue weighted by atomic mass is 16.2. The van der Waals surface area contributed by atoms with Crippen LogP contribution in [-0.4, -0.2) is 69.1 Å². The molecule has 1 aliphatic rings. The Morgan fingerprint density at radius 3 is 2.32 bits per heavy atom. The monoisotopic (exact) mass is 378 g/mol. The second-order valence-electron chi connectivity index (χ2n) is 7.29. The number of piperazine rings is 1. The highest BCUT2D eigenvalue weighted by Gasteiger charge is 2.20. The van der Waals surface area contributed by atoms with Crippen molar-refractivity contribution in [3.63, 3.8) is 0 Å². The summed E-state index contributed by atoms with van der Waals surface area (Å²) in [7, 11) is 4.03. The molecule has 0 saturated carbocycles. The number of nitrogens with one attached hydrogen (secondary N) is 1. The molecule has 0 aliphatic carbocycles. The Kier molecular flexibility index (Phi) is 7.09. The fourth-order valence-electron chi connectivity index (χ4n) is 3.25. The van der Waals surface area contributed by atoms with Gasteiger partial charge in [-0.3, -0.25) is 9.69 Å². The van der Waals surface area contributed by atoms with Crippen LogP contribution in [0.2, 0.25) is 0 Å². The smallest absolute Gasteiger partial charge is 0.241 e. The number of anilines is 2. The lowest BCUT2D eigenvalue weighted by atomic mass is 10.2. The van der Waals surface area contributed by atoms with Gasteiger partial charge in [-0.25, -0.2) is 0 Å². The maximum absolute atomic E-state index is 12.5. The van der Waals surface area contributed by atoms with Gasteiger partial charge >= 0.3 is 0 Å². The molecule has 1 aliphatic heterocycles. The molecule has 2 aromatic carbocycles. The first-order valence-corrected chi connectivity index (χ1v) is 9.85. The molecule has 1 fully saturated rings. The van der Waals surface area contributed by atoms with Crippen LogP contribution in [0.5, 0.6) is 0 Å². The predicted molar refractivity (Wildman–Crippen MR) is 118 cm³/mol. The summed E-state index contributed by atoms with van der Waals surface area (Å²) in [6.07, 6.45) is 4.36. The molecule has 1 heterocycles. The van der Waals surface area contributed by atoms with Gasteiger partial charge in [0.2, 0.25) is 5.91 Å². The van der Waals surface area contributed by atoms with Crippen molar-refractivity contribution >= 4 is 23.4 Å².